The standard InChI is InChI=1S/C15H17N3O2/c19-15(13-6-1-2-7-17-13)18-12-5-3-4-11(8-12)14-9-16-10-20-14/h3-5,8-10,13,17H,1-2,6-7H2,(H,18,19). The van der Waals surface area contributed by atoms with Crippen molar-refractivity contribution in [3.8, 4) is 11.3 Å². The van der Waals surface area contributed by atoms with Crippen molar-refractivity contribution >= 4 is 11.6 Å². The van der Waals surface area contributed by atoms with E-state index in [0.717, 1.165) is 37.1 Å². The highest BCUT2D eigenvalue weighted by atomic mass is 16.3. The van der Waals surface area contributed by atoms with E-state index >= 15 is 0 Å². The molecule has 1 atom stereocenters. The van der Waals surface area contributed by atoms with Gasteiger partial charge in [0.25, 0.3) is 0 Å². The van der Waals surface area contributed by atoms with Gasteiger partial charge in [0.1, 0.15) is 0 Å². The normalized spacial score (nSPS) is 18.7. The van der Waals surface area contributed by atoms with Crippen molar-refractivity contribution < 1.29 is 9.21 Å². The number of amides is 1. The second kappa shape index (κ2) is 5.88. The fraction of sp³-hybridized carbons (Fsp3) is 0.333. The van der Waals surface area contributed by atoms with Crippen LogP contribution in [0.2, 0.25) is 0 Å². The number of oxazole rings is 1. The second-order valence-electron chi connectivity index (χ2n) is 4.94. The molecule has 1 aliphatic rings. The predicted octanol–water partition coefficient (Wildman–Crippen LogP) is 2.42. The molecule has 1 aliphatic heterocycles. The van der Waals surface area contributed by atoms with Gasteiger partial charge in [-0.2, -0.15) is 0 Å². The third-order valence-corrected chi connectivity index (χ3v) is 3.47. The Morgan fingerprint density at radius 2 is 2.35 bits per heavy atom. The fourth-order valence-electron chi connectivity index (χ4n) is 2.41. The number of hydrogen-bond donors (Lipinski definition) is 2. The highest BCUT2D eigenvalue weighted by Gasteiger charge is 2.20. The maximum absolute atomic E-state index is 12.2. The monoisotopic (exact) mass is 271 g/mol. The van der Waals surface area contributed by atoms with Crippen molar-refractivity contribution in [3.05, 3.63) is 36.9 Å². The molecule has 0 radical (unpaired) electrons. The Bertz CT molecular complexity index is 575. The van der Waals surface area contributed by atoms with Gasteiger partial charge >= 0.3 is 0 Å². The van der Waals surface area contributed by atoms with Crippen LogP contribution in [0.5, 0.6) is 0 Å². The van der Waals surface area contributed by atoms with Gasteiger partial charge in [-0.1, -0.05) is 18.6 Å². The quantitative estimate of drug-likeness (QED) is 0.899. The van der Waals surface area contributed by atoms with Gasteiger partial charge in [0.05, 0.1) is 12.2 Å². The number of aromatic nitrogens is 1. The van der Waals surface area contributed by atoms with Crippen LogP contribution >= 0.6 is 0 Å². The molecular weight excluding hydrogens is 254 g/mol. The summed E-state index contributed by atoms with van der Waals surface area (Å²) in [6.07, 6.45) is 6.19. The summed E-state index contributed by atoms with van der Waals surface area (Å²) in [7, 11) is 0. The molecule has 104 valence electrons. The smallest absolute Gasteiger partial charge is 0.241 e. The summed E-state index contributed by atoms with van der Waals surface area (Å²) in [6, 6.07) is 7.50. The van der Waals surface area contributed by atoms with Gasteiger partial charge in [0, 0.05) is 11.3 Å². The molecule has 2 aromatic rings. The average molecular weight is 271 g/mol. The summed E-state index contributed by atoms with van der Waals surface area (Å²) in [5.74, 6) is 0.719. The summed E-state index contributed by atoms with van der Waals surface area (Å²) in [6.45, 7) is 0.913. The van der Waals surface area contributed by atoms with Crippen molar-refractivity contribution in [1.82, 2.24) is 10.3 Å². The third kappa shape index (κ3) is 2.88. The molecule has 2 heterocycles. The van der Waals surface area contributed by atoms with Crippen molar-refractivity contribution in [1.29, 1.82) is 0 Å². The molecule has 1 unspecified atom stereocenters. The summed E-state index contributed by atoms with van der Waals surface area (Å²) < 4.78 is 5.26. The lowest BCUT2D eigenvalue weighted by molar-refractivity contribution is -0.118. The van der Waals surface area contributed by atoms with Crippen LogP contribution in [0.4, 0.5) is 5.69 Å². The van der Waals surface area contributed by atoms with Crippen LogP contribution in [0.15, 0.2) is 41.3 Å². The van der Waals surface area contributed by atoms with Crippen LogP contribution in [0.1, 0.15) is 19.3 Å². The van der Waals surface area contributed by atoms with Crippen molar-refractivity contribution in [2.45, 2.75) is 25.3 Å². The number of rotatable bonds is 3. The lowest BCUT2D eigenvalue weighted by Gasteiger charge is -2.22. The summed E-state index contributed by atoms with van der Waals surface area (Å²) in [5.41, 5.74) is 1.67. The molecule has 0 bridgehead atoms. The SMILES string of the molecule is O=C(Nc1cccc(-c2cnco2)c1)C1CCCCN1. The number of anilines is 1. The summed E-state index contributed by atoms with van der Waals surface area (Å²) in [5, 5.41) is 6.19. The van der Waals surface area contributed by atoms with Crippen molar-refractivity contribution in [2.24, 2.45) is 0 Å². The van der Waals surface area contributed by atoms with E-state index in [4.69, 9.17) is 4.42 Å². The minimum Gasteiger partial charge on any atom is -0.444 e. The lowest BCUT2D eigenvalue weighted by atomic mass is 10.0. The van der Waals surface area contributed by atoms with E-state index in [1.54, 1.807) is 6.20 Å². The fourth-order valence-corrected chi connectivity index (χ4v) is 2.41. The number of carbonyl (C=O) groups excluding carboxylic acids is 1. The van der Waals surface area contributed by atoms with Gasteiger partial charge in [-0.15, -0.1) is 0 Å². The number of piperidine rings is 1. The van der Waals surface area contributed by atoms with Crippen LogP contribution in [-0.2, 0) is 4.79 Å². The van der Waals surface area contributed by atoms with Crippen molar-refractivity contribution in [2.75, 3.05) is 11.9 Å². The average Bonchev–Trinajstić information content (AvgIpc) is 3.03. The van der Waals surface area contributed by atoms with E-state index in [2.05, 4.69) is 15.6 Å². The highest BCUT2D eigenvalue weighted by Crippen LogP contribution is 2.22. The lowest BCUT2D eigenvalue weighted by Crippen LogP contribution is -2.43. The first-order valence-corrected chi connectivity index (χ1v) is 6.86. The van der Waals surface area contributed by atoms with Crippen LogP contribution in [0, 0.1) is 0 Å². The van der Waals surface area contributed by atoms with Crippen LogP contribution < -0.4 is 10.6 Å². The van der Waals surface area contributed by atoms with E-state index in [0.29, 0.717) is 5.76 Å². The first-order chi connectivity index (χ1) is 9.83. The van der Waals surface area contributed by atoms with Gasteiger partial charge in [-0.3, -0.25) is 4.79 Å². The Morgan fingerprint density at radius 1 is 1.40 bits per heavy atom. The Hall–Kier alpha value is -2.14. The molecule has 1 saturated heterocycles. The maximum atomic E-state index is 12.2. The molecule has 2 N–H and O–H groups in total. The minimum absolute atomic E-state index is 0.0272. The van der Waals surface area contributed by atoms with Crippen LogP contribution in [0.3, 0.4) is 0 Å². The molecule has 0 saturated carbocycles. The molecule has 1 amide bonds. The molecule has 20 heavy (non-hydrogen) atoms. The number of benzene rings is 1. The molecule has 1 aromatic heterocycles. The summed E-state index contributed by atoms with van der Waals surface area (Å²) >= 11 is 0. The van der Waals surface area contributed by atoms with Gasteiger partial charge in [0.2, 0.25) is 5.91 Å². The van der Waals surface area contributed by atoms with E-state index < -0.39 is 0 Å². The number of carbonyl (C=O) groups is 1. The highest BCUT2D eigenvalue weighted by molar-refractivity contribution is 5.95. The zero-order valence-electron chi connectivity index (χ0n) is 11.1. The van der Waals surface area contributed by atoms with E-state index in [1.807, 2.05) is 24.3 Å². The maximum Gasteiger partial charge on any atom is 0.241 e. The van der Waals surface area contributed by atoms with Gasteiger partial charge in [-0.25, -0.2) is 4.98 Å². The Labute approximate surface area is 117 Å². The molecule has 3 rings (SSSR count). The minimum atomic E-state index is -0.0855. The first-order valence-electron chi connectivity index (χ1n) is 6.86. The van der Waals surface area contributed by atoms with Gasteiger partial charge in [-0.05, 0) is 31.5 Å². The third-order valence-electron chi connectivity index (χ3n) is 3.47. The molecule has 0 spiro atoms. The largest absolute Gasteiger partial charge is 0.444 e. The molecular formula is C15H17N3O2. The van der Waals surface area contributed by atoms with E-state index in [-0.39, 0.29) is 11.9 Å². The molecule has 0 aliphatic carbocycles. The first kappa shape index (κ1) is 12.9. The molecule has 5 heteroatoms. The Kier molecular flexibility index (Phi) is 3.78. The molecule has 5 nitrogen and oxygen atoms in total. The second-order valence-corrected chi connectivity index (χ2v) is 4.94. The van der Waals surface area contributed by atoms with E-state index in [9.17, 15) is 4.79 Å². The van der Waals surface area contributed by atoms with E-state index in [1.165, 1.54) is 6.39 Å². The molecule has 1 fully saturated rings. The number of nitrogens with one attached hydrogen (secondary N) is 2. The zero-order valence-corrected chi connectivity index (χ0v) is 11.1. The topological polar surface area (TPSA) is 67.2 Å². The Morgan fingerprint density at radius 3 is 3.10 bits per heavy atom. The summed E-state index contributed by atoms with van der Waals surface area (Å²) in [4.78, 5) is 16.1. The number of nitrogens with zero attached hydrogens (tertiary/aromatic N) is 1. The molecule has 1 aromatic carbocycles. The predicted molar refractivity (Wildman–Crippen MR) is 76.2 cm³/mol. The van der Waals surface area contributed by atoms with Gasteiger partial charge in [0.15, 0.2) is 12.2 Å². The van der Waals surface area contributed by atoms with Gasteiger partial charge < -0.3 is 15.1 Å². The zero-order chi connectivity index (χ0) is 13.8. The van der Waals surface area contributed by atoms with Crippen LogP contribution in [-0.4, -0.2) is 23.5 Å². The number of hydrogen-bond acceptors (Lipinski definition) is 4. The van der Waals surface area contributed by atoms with Crippen LogP contribution in [0.25, 0.3) is 11.3 Å². The van der Waals surface area contributed by atoms with Crippen molar-refractivity contribution in [3.63, 3.8) is 0 Å². The Balaban J connectivity index is 1.71.